The number of likely N-dealkylation sites (tertiary alicyclic amines) is 1. The SMILES string of the molecule is COc1cc(C(=O)N2CC3CCCC(N)C3C2)ccc1C. The van der Waals surface area contributed by atoms with Crippen LogP contribution in [0.25, 0.3) is 0 Å². The Labute approximate surface area is 126 Å². The van der Waals surface area contributed by atoms with E-state index in [1.165, 1.54) is 12.8 Å². The molecule has 0 bridgehead atoms. The average Bonchev–Trinajstić information content (AvgIpc) is 2.92. The Hall–Kier alpha value is -1.55. The molecule has 0 radical (unpaired) electrons. The largest absolute Gasteiger partial charge is 0.496 e. The molecule has 1 aromatic rings. The van der Waals surface area contributed by atoms with E-state index in [-0.39, 0.29) is 11.9 Å². The predicted molar refractivity (Wildman–Crippen MR) is 82.4 cm³/mol. The highest BCUT2D eigenvalue weighted by atomic mass is 16.5. The van der Waals surface area contributed by atoms with E-state index in [1.54, 1.807) is 7.11 Å². The highest BCUT2D eigenvalue weighted by molar-refractivity contribution is 5.95. The van der Waals surface area contributed by atoms with Crippen LogP contribution in [-0.4, -0.2) is 37.0 Å². The van der Waals surface area contributed by atoms with Crippen molar-refractivity contribution < 1.29 is 9.53 Å². The topological polar surface area (TPSA) is 55.6 Å². The summed E-state index contributed by atoms with van der Waals surface area (Å²) in [5.74, 6) is 1.95. The lowest BCUT2D eigenvalue weighted by molar-refractivity contribution is 0.0783. The van der Waals surface area contributed by atoms with Crippen LogP contribution in [0.1, 0.15) is 35.2 Å². The Morgan fingerprint density at radius 2 is 2.14 bits per heavy atom. The van der Waals surface area contributed by atoms with Gasteiger partial charge in [0.25, 0.3) is 5.91 Å². The van der Waals surface area contributed by atoms with Crippen LogP contribution < -0.4 is 10.5 Å². The number of nitrogens with two attached hydrogens (primary N) is 1. The quantitative estimate of drug-likeness (QED) is 0.907. The monoisotopic (exact) mass is 288 g/mol. The van der Waals surface area contributed by atoms with Crippen molar-refractivity contribution in [1.82, 2.24) is 4.90 Å². The highest BCUT2D eigenvalue weighted by Gasteiger charge is 2.40. The van der Waals surface area contributed by atoms with E-state index in [9.17, 15) is 4.79 Å². The van der Waals surface area contributed by atoms with Crippen LogP contribution >= 0.6 is 0 Å². The predicted octanol–water partition coefficient (Wildman–Crippen LogP) is 2.20. The van der Waals surface area contributed by atoms with Crippen LogP contribution in [-0.2, 0) is 0 Å². The maximum absolute atomic E-state index is 12.7. The molecule has 3 atom stereocenters. The van der Waals surface area contributed by atoms with E-state index in [2.05, 4.69) is 0 Å². The van der Waals surface area contributed by atoms with Crippen molar-refractivity contribution >= 4 is 5.91 Å². The number of carbonyl (C=O) groups is 1. The number of amides is 1. The van der Waals surface area contributed by atoms with Gasteiger partial charge in [-0.1, -0.05) is 12.5 Å². The number of methoxy groups -OCH3 is 1. The van der Waals surface area contributed by atoms with E-state index in [0.717, 1.165) is 30.8 Å². The fourth-order valence-electron chi connectivity index (χ4n) is 3.82. The van der Waals surface area contributed by atoms with Crippen molar-refractivity contribution in [3.05, 3.63) is 29.3 Å². The van der Waals surface area contributed by atoms with E-state index in [0.29, 0.717) is 17.4 Å². The molecular weight excluding hydrogens is 264 g/mol. The number of benzene rings is 1. The molecule has 3 unspecified atom stereocenters. The number of nitrogens with zero attached hydrogens (tertiary/aromatic N) is 1. The second-order valence-electron chi connectivity index (χ2n) is 6.41. The van der Waals surface area contributed by atoms with Gasteiger partial charge in [0, 0.05) is 24.7 Å². The minimum absolute atomic E-state index is 0.106. The third kappa shape index (κ3) is 2.64. The third-order valence-corrected chi connectivity index (χ3v) is 5.10. The minimum atomic E-state index is 0.106. The van der Waals surface area contributed by atoms with Crippen molar-refractivity contribution in [2.45, 2.75) is 32.2 Å². The van der Waals surface area contributed by atoms with Gasteiger partial charge < -0.3 is 15.4 Å². The average molecular weight is 288 g/mol. The maximum Gasteiger partial charge on any atom is 0.254 e. The molecule has 4 heteroatoms. The number of ether oxygens (including phenoxy) is 1. The summed E-state index contributed by atoms with van der Waals surface area (Å²) in [6, 6.07) is 5.94. The van der Waals surface area contributed by atoms with Crippen LogP contribution in [0.3, 0.4) is 0 Å². The molecule has 0 spiro atoms. The normalized spacial score (nSPS) is 28.3. The van der Waals surface area contributed by atoms with Gasteiger partial charge in [0.05, 0.1) is 7.11 Å². The number of rotatable bonds is 2. The standard InChI is InChI=1S/C17H24N2O2/c1-11-6-7-12(8-16(11)21-2)17(20)19-9-13-4-3-5-15(18)14(13)10-19/h6-8,13-15H,3-5,9-10,18H2,1-2H3. The second kappa shape index (κ2) is 5.68. The van der Waals surface area contributed by atoms with Crippen LogP contribution in [0.15, 0.2) is 18.2 Å². The lowest BCUT2D eigenvalue weighted by Crippen LogP contribution is -2.38. The number of hydrogen-bond acceptors (Lipinski definition) is 3. The van der Waals surface area contributed by atoms with Gasteiger partial charge in [-0.25, -0.2) is 0 Å². The maximum atomic E-state index is 12.7. The molecule has 2 aliphatic rings. The summed E-state index contributed by atoms with van der Waals surface area (Å²) in [6.07, 6.45) is 3.50. The Morgan fingerprint density at radius 1 is 1.33 bits per heavy atom. The van der Waals surface area contributed by atoms with Gasteiger partial charge in [0.2, 0.25) is 0 Å². The second-order valence-corrected chi connectivity index (χ2v) is 6.41. The van der Waals surface area contributed by atoms with E-state index in [4.69, 9.17) is 10.5 Å². The van der Waals surface area contributed by atoms with Gasteiger partial charge in [-0.15, -0.1) is 0 Å². The first-order valence-electron chi connectivity index (χ1n) is 7.79. The van der Waals surface area contributed by atoms with Crippen LogP contribution in [0.2, 0.25) is 0 Å². The summed E-state index contributed by atoms with van der Waals surface area (Å²) in [4.78, 5) is 14.7. The van der Waals surface area contributed by atoms with Gasteiger partial charge in [-0.05, 0) is 49.3 Å². The zero-order valence-electron chi connectivity index (χ0n) is 12.8. The first kappa shape index (κ1) is 14.4. The molecule has 114 valence electrons. The van der Waals surface area contributed by atoms with Crippen molar-refractivity contribution in [2.75, 3.05) is 20.2 Å². The summed E-state index contributed by atoms with van der Waals surface area (Å²) in [5.41, 5.74) is 7.99. The fraction of sp³-hybridized carbons (Fsp3) is 0.588. The fourth-order valence-corrected chi connectivity index (χ4v) is 3.82. The van der Waals surface area contributed by atoms with Gasteiger partial charge in [-0.2, -0.15) is 0 Å². The molecule has 1 aliphatic heterocycles. The molecule has 1 saturated heterocycles. The van der Waals surface area contributed by atoms with E-state index in [1.807, 2.05) is 30.0 Å². The summed E-state index contributed by atoms with van der Waals surface area (Å²) >= 11 is 0. The van der Waals surface area contributed by atoms with Crippen molar-refractivity contribution in [2.24, 2.45) is 17.6 Å². The minimum Gasteiger partial charge on any atom is -0.496 e. The molecule has 1 amide bonds. The molecule has 1 saturated carbocycles. The summed E-state index contributed by atoms with van der Waals surface area (Å²) in [5, 5.41) is 0. The third-order valence-electron chi connectivity index (χ3n) is 5.10. The molecular formula is C17H24N2O2. The lowest BCUT2D eigenvalue weighted by Gasteiger charge is -2.29. The number of fused-ring (bicyclic) bond motifs is 1. The highest BCUT2D eigenvalue weighted by Crippen LogP contribution is 2.36. The summed E-state index contributed by atoms with van der Waals surface area (Å²) < 4.78 is 5.32. The molecule has 21 heavy (non-hydrogen) atoms. The van der Waals surface area contributed by atoms with Gasteiger partial charge in [0.15, 0.2) is 0 Å². The number of carbonyl (C=O) groups excluding carboxylic acids is 1. The Balaban J connectivity index is 1.77. The molecule has 0 aromatic heterocycles. The Kier molecular flexibility index (Phi) is 3.89. The molecule has 3 rings (SSSR count). The lowest BCUT2D eigenvalue weighted by atomic mass is 9.78. The van der Waals surface area contributed by atoms with Gasteiger partial charge in [-0.3, -0.25) is 4.79 Å². The Bertz CT molecular complexity index is 544. The zero-order chi connectivity index (χ0) is 15.0. The smallest absolute Gasteiger partial charge is 0.254 e. The first-order chi connectivity index (χ1) is 10.1. The van der Waals surface area contributed by atoms with Gasteiger partial charge in [0.1, 0.15) is 5.75 Å². The van der Waals surface area contributed by atoms with Gasteiger partial charge >= 0.3 is 0 Å². The zero-order valence-corrected chi connectivity index (χ0v) is 12.8. The van der Waals surface area contributed by atoms with E-state index >= 15 is 0 Å². The molecule has 1 aliphatic carbocycles. The van der Waals surface area contributed by atoms with Crippen LogP contribution in [0.4, 0.5) is 0 Å². The molecule has 2 N–H and O–H groups in total. The Morgan fingerprint density at radius 3 is 2.86 bits per heavy atom. The summed E-state index contributed by atoms with van der Waals surface area (Å²) in [6.45, 7) is 3.64. The van der Waals surface area contributed by atoms with Crippen molar-refractivity contribution in [3.8, 4) is 5.75 Å². The summed E-state index contributed by atoms with van der Waals surface area (Å²) in [7, 11) is 1.64. The van der Waals surface area contributed by atoms with Crippen molar-refractivity contribution in [3.63, 3.8) is 0 Å². The molecule has 1 aromatic carbocycles. The van der Waals surface area contributed by atoms with Crippen LogP contribution in [0.5, 0.6) is 5.75 Å². The number of hydrogen-bond donors (Lipinski definition) is 1. The molecule has 4 nitrogen and oxygen atoms in total. The number of aryl methyl sites for hydroxylation is 1. The van der Waals surface area contributed by atoms with E-state index < -0.39 is 0 Å². The molecule has 1 heterocycles. The van der Waals surface area contributed by atoms with Crippen molar-refractivity contribution in [1.29, 1.82) is 0 Å². The van der Waals surface area contributed by atoms with Crippen LogP contribution in [0, 0.1) is 18.8 Å². The first-order valence-corrected chi connectivity index (χ1v) is 7.79. The molecule has 2 fully saturated rings.